The molecule has 0 spiro atoms. The van der Waals surface area contributed by atoms with Crippen molar-refractivity contribution in [2.75, 3.05) is 12.0 Å². The van der Waals surface area contributed by atoms with Gasteiger partial charge < -0.3 is 5.32 Å². The number of pyridine rings is 1. The van der Waals surface area contributed by atoms with Crippen LogP contribution in [0.15, 0.2) is 36.5 Å². The smallest absolute Gasteiger partial charge is 0.0746 e. The van der Waals surface area contributed by atoms with Gasteiger partial charge in [-0.15, -0.1) is 0 Å². The molecule has 90 valence electrons. The van der Waals surface area contributed by atoms with Gasteiger partial charge in [0.1, 0.15) is 0 Å². The van der Waals surface area contributed by atoms with E-state index in [9.17, 15) is 0 Å². The lowest BCUT2D eigenvalue weighted by Crippen LogP contribution is -2.27. The summed E-state index contributed by atoms with van der Waals surface area (Å²) in [5, 5.41) is 4.74. The van der Waals surface area contributed by atoms with Crippen LogP contribution in [0.1, 0.15) is 12.5 Å². The quantitative estimate of drug-likeness (QED) is 0.877. The average molecular weight is 246 g/mol. The molecule has 17 heavy (non-hydrogen) atoms. The number of hydrogen-bond donors (Lipinski definition) is 1. The molecule has 0 radical (unpaired) electrons. The Morgan fingerprint density at radius 2 is 2.12 bits per heavy atom. The third kappa shape index (κ3) is 3.20. The maximum atomic E-state index is 4.46. The number of hydrogen-bond acceptors (Lipinski definition) is 3. The van der Waals surface area contributed by atoms with Crippen molar-refractivity contribution in [3.8, 4) is 0 Å². The number of thioether (sulfide) groups is 1. The van der Waals surface area contributed by atoms with Crippen molar-refractivity contribution in [3.05, 3.63) is 42.1 Å². The summed E-state index contributed by atoms with van der Waals surface area (Å²) in [6.07, 6.45) is 3.99. The van der Waals surface area contributed by atoms with E-state index in [1.165, 1.54) is 10.9 Å². The molecule has 0 aliphatic carbocycles. The number of nitrogens with zero attached hydrogens (tertiary/aromatic N) is 1. The van der Waals surface area contributed by atoms with Gasteiger partial charge in [-0.1, -0.05) is 24.3 Å². The molecule has 0 fully saturated rings. The molecule has 1 aromatic heterocycles. The summed E-state index contributed by atoms with van der Waals surface area (Å²) in [6.45, 7) is 3.10. The summed E-state index contributed by atoms with van der Waals surface area (Å²) in [6, 6.07) is 11.0. The maximum absolute atomic E-state index is 4.46. The lowest BCUT2D eigenvalue weighted by molar-refractivity contribution is 0.597. The Balaban J connectivity index is 2.13. The zero-order valence-electron chi connectivity index (χ0n) is 10.3. The molecule has 1 unspecified atom stereocenters. The molecule has 0 bridgehead atoms. The fourth-order valence-corrected chi connectivity index (χ4v) is 2.52. The highest BCUT2D eigenvalue weighted by molar-refractivity contribution is 7.98. The van der Waals surface area contributed by atoms with Crippen LogP contribution in [0, 0.1) is 0 Å². The Hall–Kier alpha value is -1.06. The highest BCUT2D eigenvalue weighted by Gasteiger charge is 2.04. The number of nitrogens with one attached hydrogen (secondary N) is 1. The van der Waals surface area contributed by atoms with Crippen LogP contribution in [0.2, 0.25) is 0 Å². The molecule has 2 aromatic rings. The van der Waals surface area contributed by atoms with Crippen molar-refractivity contribution in [3.63, 3.8) is 0 Å². The summed E-state index contributed by atoms with van der Waals surface area (Å²) in [5.41, 5.74) is 2.38. The van der Waals surface area contributed by atoms with Gasteiger partial charge in [0.25, 0.3) is 0 Å². The lowest BCUT2D eigenvalue weighted by atomic mass is 10.1. The van der Waals surface area contributed by atoms with Gasteiger partial charge in [-0.25, -0.2) is 0 Å². The minimum atomic E-state index is 0.531. The van der Waals surface area contributed by atoms with Crippen molar-refractivity contribution in [2.45, 2.75) is 19.5 Å². The Morgan fingerprint density at radius 1 is 1.29 bits per heavy atom. The highest BCUT2D eigenvalue weighted by Crippen LogP contribution is 2.15. The Kier molecular flexibility index (Phi) is 4.40. The van der Waals surface area contributed by atoms with Crippen LogP contribution in [0.3, 0.4) is 0 Å². The van der Waals surface area contributed by atoms with Crippen LogP contribution in [0.4, 0.5) is 0 Å². The van der Waals surface area contributed by atoms with Crippen LogP contribution in [-0.2, 0) is 6.54 Å². The number of aromatic nitrogens is 1. The normalized spacial score (nSPS) is 12.8. The van der Waals surface area contributed by atoms with Crippen LogP contribution in [0.5, 0.6) is 0 Å². The number of para-hydroxylation sites is 1. The molecule has 1 aromatic carbocycles. The molecule has 0 aliphatic heterocycles. The minimum Gasteiger partial charge on any atom is -0.309 e. The summed E-state index contributed by atoms with van der Waals surface area (Å²) in [7, 11) is 0. The van der Waals surface area contributed by atoms with Crippen molar-refractivity contribution in [2.24, 2.45) is 0 Å². The van der Waals surface area contributed by atoms with Gasteiger partial charge in [0.2, 0.25) is 0 Å². The number of fused-ring (bicyclic) bond motifs is 1. The van der Waals surface area contributed by atoms with E-state index in [0.717, 1.165) is 17.8 Å². The fourth-order valence-electron chi connectivity index (χ4n) is 1.90. The highest BCUT2D eigenvalue weighted by atomic mass is 32.2. The third-order valence-corrected chi connectivity index (χ3v) is 3.61. The minimum absolute atomic E-state index is 0.531. The standard InChI is InChI=1S/C14H18N2S/c1-11(10-17-2)16-9-13-6-3-5-12-7-4-8-15-14(12)13/h3-8,11,16H,9-10H2,1-2H3. The van der Waals surface area contributed by atoms with Crippen molar-refractivity contribution in [1.82, 2.24) is 10.3 Å². The van der Waals surface area contributed by atoms with Crippen LogP contribution < -0.4 is 5.32 Å². The average Bonchev–Trinajstić information content (AvgIpc) is 2.36. The van der Waals surface area contributed by atoms with Crippen LogP contribution >= 0.6 is 11.8 Å². The Labute approximate surface area is 107 Å². The molecule has 0 saturated heterocycles. The molecule has 0 saturated carbocycles. The SMILES string of the molecule is CSCC(C)NCc1cccc2cccnc12. The van der Waals surface area contributed by atoms with E-state index in [2.05, 4.69) is 47.7 Å². The van der Waals surface area contributed by atoms with Crippen LogP contribution in [-0.4, -0.2) is 23.0 Å². The monoisotopic (exact) mass is 246 g/mol. The zero-order chi connectivity index (χ0) is 12.1. The molecule has 2 rings (SSSR count). The molecule has 0 aliphatic rings. The molecular formula is C14H18N2S. The largest absolute Gasteiger partial charge is 0.309 e. The van der Waals surface area contributed by atoms with E-state index in [-0.39, 0.29) is 0 Å². The van der Waals surface area contributed by atoms with Gasteiger partial charge in [-0.05, 0) is 24.8 Å². The van der Waals surface area contributed by atoms with E-state index in [1.807, 2.05) is 24.0 Å². The second-order valence-electron chi connectivity index (χ2n) is 4.23. The molecule has 1 N–H and O–H groups in total. The maximum Gasteiger partial charge on any atom is 0.0746 e. The first kappa shape index (κ1) is 12.4. The first-order valence-corrected chi connectivity index (χ1v) is 7.25. The topological polar surface area (TPSA) is 24.9 Å². The van der Waals surface area contributed by atoms with Gasteiger partial charge in [0.05, 0.1) is 5.52 Å². The fraction of sp³-hybridized carbons (Fsp3) is 0.357. The summed E-state index contributed by atoms with van der Waals surface area (Å²) >= 11 is 1.87. The predicted molar refractivity (Wildman–Crippen MR) is 76.4 cm³/mol. The van der Waals surface area contributed by atoms with Gasteiger partial charge in [0, 0.05) is 29.9 Å². The molecular weight excluding hydrogens is 228 g/mol. The molecule has 0 amide bonds. The van der Waals surface area contributed by atoms with Crippen molar-refractivity contribution < 1.29 is 0 Å². The van der Waals surface area contributed by atoms with E-state index >= 15 is 0 Å². The molecule has 1 atom stereocenters. The zero-order valence-corrected chi connectivity index (χ0v) is 11.1. The van der Waals surface area contributed by atoms with Gasteiger partial charge in [-0.2, -0.15) is 11.8 Å². The predicted octanol–water partition coefficient (Wildman–Crippen LogP) is 3.08. The lowest BCUT2D eigenvalue weighted by Gasteiger charge is -2.13. The van der Waals surface area contributed by atoms with Gasteiger partial charge in [-0.3, -0.25) is 4.98 Å². The Morgan fingerprint density at radius 3 is 2.94 bits per heavy atom. The van der Waals surface area contributed by atoms with Gasteiger partial charge >= 0.3 is 0 Å². The van der Waals surface area contributed by atoms with Crippen molar-refractivity contribution in [1.29, 1.82) is 0 Å². The van der Waals surface area contributed by atoms with E-state index in [1.54, 1.807) is 0 Å². The van der Waals surface area contributed by atoms with Crippen LogP contribution in [0.25, 0.3) is 10.9 Å². The number of benzene rings is 1. The molecule has 1 heterocycles. The Bertz CT molecular complexity index is 479. The number of rotatable bonds is 5. The third-order valence-electron chi connectivity index (χ3n) is 2.77. The first-order valence-electron chi connectivity index (χ1n) is 5.86. The molecule has 2 nitrogen and oxygen atoms in total. The second-order valence-corrected chi connectivity index (χ2v) is 5.14. The second kappa shape index (κ2) is 6.03. The van der Waals surface area contributed by atoms with E-state index in [4.69, 9.17) is 0 Å². The van der Waals surface area contributed by atoms with Gasteiger partial charge in [0.15, 0.2) is 0 Å². The van der Waals surface area contributed by atoms with E-state index < -0.39 is 0 Å². The summed E-state index contributed by atoms with van der Waals surface area (Å²) in [5.74, 6) is 1.14. The first-order chi connectivity index (χ1) is 8.31. The summed E-state index contributed by atoms with van der Waals surface area (Å²) in [4.78, 5) is 4.46. The summed E-state index contributed by atoms with van der Waals surface area (Å²) < 4.78 is 0. The van der Waals surface area contributed by atoms with Crippen molar-refractivity contribution >= 4 is 22.7 Å². The van der Waals surface area contributed by atoms with E-state index in [0.29, 0.717) is 6.04 Å². The molecule has 3 heteroatoms.